The predicted molar refractivity (Wildman–Crippen MR) is 104 cm³/mol. The van der Waals surface area contributed by atoms with Gasteiger partial charge in [-0.05, 0) is 30.2 Å². The average Bonchev–Trinajstić information content (AvgIpc) is 3.29. The number of hydrogen-bond donors (Lipinski definition) is 0. The fourth-order valence-electron chi connectivity index (χ4n) is 3.02. The summed E-state index contributed by atoms with van der Waals surface area (Å²) in [7, 11) is 0. The molecule has 142 valence electrons. The van der Waals surface area contributed by atoms with Gasteiger partial charge in [-0.2, -0.15) is 0 Å². The van der Waals surface area contributed by atoms with E-state index in [2.05, 4.69) is 28.6 Å². The van der Waals surface area contributed by atoms with Crippen LogP contribution in [-0.2, 0) is 23.6 Å². The minimum Gasteiger partial charge on any atom is -0.467 e. The number of thioether (sulfide) groups is 1. The Morgan fingerprint density at radius 3 is 2.96 bits per heavy atom. The van der Waals surface area contributed by atoms with Crippen LogP contribution < -0.4 is 4.74 Å². The summed E-state index contributed by atoms with van der Waals surface area (Å²) in [6.45, 7) is 5.92. The van der Waals surface area contributed by atoms with Gasteiger partial charge in [-0.1, -0.05) is 37.2 Å². The normalized spacial score (nSPS) is 13.6. The van der Waals surface area contributed by atoms with Crippen LogP contribution in [0.1, 0.15) is 25.0 Å². The summed E-state index contributed by atoms with van der Waals surface area (Å²) in [6, 6.07) is 7.58. The van der Waals surface area contributed by atoms with E-state index in [1.165, 1.54) is 0 Å². The van der Waals surface area contributed by atoms with Crippen molar-refractivity contribution in [3.8, 4) is 17.3 Å². The van der Waals surface area contributed by atoms with Crippen LogP contribution >= 0.6 is 23.4 Å². The van der Waals surface area contributed by atoms with Gasteiger partial charge in [0.1, 0.15) is 5.75 Å². The first kappa shape index (κ1) is 18.4. The van der Waals surface area contributed by atoms with E-state index in [4.69, 9.17) is 25.5 Å². The number of fused-ring (bicyclic) bond motifs is 1. The van der Waals surface area contributed by atoms with Crippen LogP contribution in [0.2, 0.25) is 5.02 Å². The highest BCUT2D eigenvalue weighted by molar-refractivity contribution is 7.98. The molecule has 0 saturated carbocycles. The zero-order chi connectivity index (χ0) is 18.8. The Morgan fingerprint density at radius 1 is 1.30 bits per heavy atom. The molecule has 6 nitrogen and oxygen atoms in total. The van der Waals surface area contributed by atoms with Crippen LogP contribution in [-0.4, -0.2) is 21.6 Å². The zero-order valence-electron chi connectivity index (χ0n) is 15.1. The summed E-state index contributed by atoms with van der Waals surface area (Å²) in [4.78, 5) is 0. The van der Waals surface area contributed by atoms with Gasteiger partial charge in [-0.25, -0.2) is 0 Å². The lowest BCUT2D eigenvalue weighted by Gasteiger charge is -2.21. The Morgan fingerprint density at radius 2 is 2.19 bits per heavy atom. The number of nitrogens with zero attached hydrogens (tertiary/aromatic N) is 3. The summed E-state index contributed by atoms with van der Waals surface area (Å²) in [5.74, 6) is 3.45. The Labute approximate surface area is 166 Å². The quantitative estimate of drug-likeness (QED) is 0.537. The fourth-order valence-corrected chi connectivity index (χ4v) is 4.20. The Hall–Kier alpha value is -1.96. The van der Waals surface area contributed by atoms with Gasteiger partial charge < -0.3 is 13.9 Å². The van der Waals surface area contributed by atoms with E-state index >= 15 is 0 Å². The number of halogens is 1. The van der Waals surface area contributed by atoms with Gasteiger partial charge in [0, 0.05) is 28.4 Å². The monoisotopic (exact) mass is 405 g/mol. The molecule has 4 rings (SSSR count). The third-order valence-electron chi connectivity index (χ3n) is 4.11. The smallest absolute Gasteiger partial charge is 0.200 e. The van der Waals surface area contributed by atoms with Crippen molar-refractivity contribution in [3.05, 3.63) is 46.7 Å². The second kappa shape index (κ2) is 7.96. The van der Waals surface area contributed by atoms with Crippen LogP contribution in [0, 0.1) is 5.92 Å². The number of rotatable bonds is 6. The molecular formula is C19H20ClN3O3S. The first-order chi connectivity index (χ1) is 13.1. The molecular weight excluding hydrogens is 386 g/mol. The molecule has 0 saturated heterocycles. The van der Waals surface area contributed by atoms with Crippen molar-refractivity contribution in [2.45, 2.75) is 37.9 Å². The first-order valence-electron chi connectivity index (χ1n) is 8.73. The standard InChI is InChI=1S/C19H20ClN3O3S/c1-12(2)8-23-18(16-4-3-5-25-16)21-22-19(23)27-10-14-7-15(20)6-13-9-24-11-26-17(13)14/h3-7,12H,8-11H2,1-2H3. The van der Waals surface area contributed by atoms with Gasteiger partial charge in [0.05, 0.1) is 12.9 Å². The highest BCUT2D eigenvalue weighted by atomic mass is 35.5. The summed E-state index contributed by atoms with van der Waals surface area (Å²) in [5.41, 5.74) is 2.01. The van der Waals surface area contributed by atoms with Gasteiger partial charge in [0.2, 0.25) is 0 Å². The maximum Gasteiger partial charge on any atom is 0.200 e. The van der Waals surface area contributed by atoms with Gasteiger partial charge in [0.25, 0.3) is 0 Å². The molecule has 0 N–H and O–H groups in total. The largest absolute Gasteiger partial charge is 0.467 e. The molecule has 0 amide bonds. The zero-order valence-corrected chi connectivity index (χ0v) is 16.7. The molecule has 3 aromatic rings. The maximum absolute atomic E-state index is 6.27. The maximum atomic E-state index is 6.27. The molecule has 27 heavy (non-hydrogen) atoms. The molecule has 0 fully saturated rings. The van der Waals surface area contributed by atoms with Gasteiger partial charge >= 0.3 is 0 Å². The highest BCUT2D eigenvalue weighted by Crippen LogP contribution is 2.36. The van der Waals surface area contributed by atoms with E-state index in [1.54, 1.807) is 18.0 Å². The lowest BCUT2D eigenvalue weighted by atomic mass is 10.1. The molecule has 0 aliphatic carbocycles. The van der Waals surface area contributed by atoms with Crippen LogP contribution in [0.4, 0.5) is 0 Å². The fraction of sp³-hybridized carbons (Fsp3) is 0.368. The van der Waals surface area contributed by atoms with E-state index in [1.807, 2.05) is 24.3 Å². The van der Waals surface area contributed by atoms with Crippen molar-refractivity contribution < 1.29 is 13.9 Å². The SMILES string of the molecule is CC(C)Cn1c(SCc2cc(Cl)cc3c2OCOC3)nnc1-c1ccco1. The van der Waals surface area contributed by atoms with Crippen molar-refractivity contribution in [3.63, 3.8) is 0 Å². The minimum atomic E-state index is 0.262. The molecule has 8 heteroatoms. The summed E-state index contributed by atoms with van der Waals surface area (Å²) < 4.78 is 18.7. The van der Waals surface area contributed by atoms with Crippen molar-refractivity contribution in [2.75, 3.05) is 6.79 Å². The molecule has 0 bridgehead atoms. The van der Waals surface area contributed by atoms with E-state index < -0.39 is 0 Å². The average molecular weight is 406 g/mol. The van der Waals surface area contributed by atoms with Crippen LogP contribution in [0.5, 0.6) is 5.75 Å². The Balaban J connectivity index is 1.61. The molecule has 0 atom stereocenters. The predicted octanol–water partition coefficient (Wildman–Crippen LogP) is 5.01. The number of furan rings is 1. The third kappa shape index (κ3) is 4.00. The van der Waals surface area contributed by atoms with Crippen molar-refractivity contribution in [2.24, 2.45) is 5.92 Å². The topological polar surface area (TPSA) is 62.3 Å². The van der Waals surface area contributed by atoms with E-state index in [0.29, 0.717) is 23.3 Å². The van der Waals surface area contributed by atoms with Gasteiger partial charge in [0.15, 0.2) is 23.5 Å². The second-order valence-corrected chi connectivity index (χ2v) is 8.12. The molecule has 1 aliphatic rings. The Bertz CT molecular complexity index is 925. The van der Waals surface area contributed by atoms with Gasteiger partial charge in [-0.15, -0.1) is 10.2 Å². The highest BCUT2D eigenvalue weighted by Gasteiger charge is 2.20. The molecule has 3 heterocycles. The van der Waals surface area contributed by atoms with Crippen molar-refractivity contribution >= 4 is 23.4 Å². The molecule has 0 radical (unpaired) electrons. The molecule has 0 spiro atoms. The first-order valence-corrected chi connectivity index (χ1v) is 10.1. The molecule has 0 unspecified atom stereocenters. The molecule has 1 aromatic carbocycles. The van der Waals surface area contributed by atoms with Crippen LogP contribution in [0.25, 0.3) is 11.6 Å². The number of hydrogen-bond acceptors (Lipinski definition) is 6. The van der Waals surface area contributed by atoms with Crippen LogP contribution in [0.15, 0.2) is 40.1 Å². The second-order valence-electron chi connectivity index (χ2n) is 6.74. The lowest BCUT2D eigenvalue weighted by Crippen LogP contribution is -2.13. The van der Waals surface area contributed by atoms with Crippen molar-refractivity contribution in [1.82, 2.24) is 14.8 Å². The molecule has 2 aromatic heterocycles. The summed E-state index contributed by atoms with van der Waals surface area (Å²) >= 11 is 7.88. The van der Waals surface area contributed by atoms with Gasteiger partial charge in [-0.3, -0.25) is 4.57 Å². The third-order valence-corrected chi connectivity index (χ3v) is 5.35. The molecule has 1 aliphatic heterocycles. The number of aromatic nitrogens is 3. The number of ether oxygens (including phenoxy) is 2. The van der Waals surface area contributed by atoms with Crippen LogP contribution in [0.3, 0.4) is 0 Å². The van der Waals surface area contributed by atoms with E-state index in [0.717, 1.165) is 40.2 Å². The summed E-state index contributed by atoms with van der Waals surface area (Å²) in [5, 5.41) is 10.3. The minimum absolute atomic E-state index is 0.262. The van der Waals surface area contributed by atoms with E-state index in [-0.39, 0.29) is 6.79 Å². The lowest BCUT2D eigenvalue weighted by molar-refractivity contribution is -0.0168. The Kier molecular flexibility index (Phi) is 5.43. The van der Waals surface area contributed by atoms with Crippen molar-refractivity contribution in [1.29, 1.82) is 0 Å². The summed E-state index contributed by atoms with van der Waals surface area (Å²) in [6.07, 6.45) is 1.65. The number of benzene rings is 1. The van der Waals surface area contributed by atoms with E-state index in [9.17, 15) is 0 Å².